The maximum atomic E-state index is 5.64. The van der Waals surface area contributed by atoms with Gasteiger partial charge >= 0.3 is 0 Å². The number of rotatable bonds is 5. The Balaban J connectivity index is 1.87. The summed E-state index contributed by atoms with van der Waals surface area (Å²) in [6.45, 7) is 15.3. The predicted octanol–water partition coefficient (Wildman–Crippen LogP) is 3.29. The molecule has 1 aromatic rings. The highest BCUT2D eigenvalue weighted by Gasteiger charge is 2.33. The van der Waals surface area contributed by atoms with Crippen molar-refractivity contribution < 1.29 is 4.42 Å². The SMILES string of the molecule is CC(C)CNCc1coc(N2CCC(C(C)(C)C)C2)n1. The van der Waals surface area contributed by atoms with Gasteiger partial charge in [-0.1, -0.05) is 34.6 Å². The monoisotopic (exact) mass is 279 g/mol. The van der Waals surface area contributed by atoms with Crippen LogP contribution in [0.4, 0.5) is 6.01 Å². The van der Waals surface area contributed by atoms with E-state index in [4.69, 9.17) is 4.42 Å². The molecule has 0 spiro atoms. The Morgan fingerprint density at radius 1 is 1.45 bits per heavy atom. The Kier molecular flexibility index (Phi) is 4.74. The Morgan fingerprint density at radius 2 is 2.20 bits per heavy atom. The molecule has 0 saturated carbocycles. The highest BCUT2D eigenvalue weighted by atomic mass is 16.4. The second kappa shape index (κ2) is 6.17. The predicted molar refractivity (Wildman–Crippen MR) is 82.8 cm³/mol. The summed E-state index contributed by atoms with van der Waals surface area (Å²) in [5, 5.41) is 3.40. The molecule has 1 saturated heterocycles. The smallest absolute Gasteiger partial charge is 0.297 e. The molecule has 0 amide bonds. The van der Waals surface area contributed by atoms with Gasteiger partial charge in [0.05, 0.1) is 5.69 Å². The first-order valence-electron chi connectivity index (χ1n) is 7.76. The second-order valence-electron chi connectivity index (χ2n) is 7.44. The van der Waals surface area contributed by atoms with Gasteiger partial charge in [-0.25, -0.2) is 0 Å². The summed E-state index contributed by atoms with van der Waals surface area (Å²) in [4.78, 5) is 6.88. The molecular weight excluding hydrogens is 250 g/mol. The Bertz CT molecular complexity index is 420. The maximum Gasteiger partial charge on any atom is 0.297 e. The van der Waals surface area contributed by atoms with Crippen LogP contribution in [0.2, 0.25) is 0 Å². The average molecular weight is 279 g/mol. The van der Waals surface area contributed by atoms with Crippen LogP contribution in [0.3, 0.4) is 0 Å². The van der Waals surface area contributed by atoms with Crippen LogP contribution in [0.25, 0.3) is 0 Å². The molecule has 1 unspecified atom stereocenters. The van der Waals surface area contributed by atoms with Crippen molar-refractivity contribution in [3.63, 3.8) is 0 Å². The zero-order valence-corrected chi connectivity index (χ0v) is 13.6. The summed E-state index contributed by atoms with van der Waals surface area (Å²) in [6.07, 6.45) is 3.01. The summed E-state index contributed by atoms with van der Waals surface area (Å²) < 4.78 is 5.64. The minimum Gasteiger partial charge on any atom is -0.432 e. The standard InChI is InChI=1S/C16H29N3O/c1-12(2)8-17-9-14-11-20-15(18-14)19-7-6-13(10-19)16(3,4)5/h11-13,17H,6-10H2,1-5H3. The highest BCUT2D eigenvalue weighted by Crippen LogP contribution is 2.35. The van der Waals surface area contributed by atoms with E-state index in [1.54, 1.807) is 6.26 Å². The number of hydrogen-bond donors (Lipinski definition) is 1. The Morgan fingerprint density at radius 3 is 2.80 bits per heavy atom. The minimum absolute atomic E-state index is 0.364. The van der Waals surface area contributed by atoms with Crippen molar-refractivity contribution >= 4 is 6.01 Å². The molecule has 1 fully saturated rings. The third kappa shape index (κ3) is 3.98. The lowest BCUT2D eigenvalue weighted by atomic mass is 9.80. The minimum atomic E-state index is 0.364. The van der Waals surface area contributed by atoms with Gasteiger partial charge in [0.1, 0.15) is 6.26 Å². The summed E-state index contributed by atoms with van der Waals surface area (Å²) >= 11 is 0. The molecule has 1 aromatic heterocycles. The van der Waals surface area contributed by atoms with E-state index in [-0.39, 0.29) is 0 Å². The third-order valence-electron chi connectivity index (χ3n) is 4.08. The van der Waals surface area contributed by atoms with Crippen LogP contribution in [0.15, 0.2) is 10.7 Å². The van der Waals surface area contributed by atoms with Crippen LogP contribution < -0.4 is 10.2 Å². The fraction of sp³-hybridized carbons (Fsp3) is 0.812. The molecular formula is C16H29N3O. The van der Waals surface area contributed by atoms with Gasteiger partial charge in [0.2, 0.25) is 0 Å². The first-order valence-corrected chi connectivity index (χ1v) is 7.76. The second-order valence-corrected chi connectivity index (χ2v) is 7.44. The van der Waals surface area contributed by atoms with Crippen molar-refractivity contribution in [1.29, 1.82) is 0 Å². The summed E-state index contributed by atoms with van der Waals surface area (Å²) in [7, 11) is 0. The molecule has 2 rings (SSSR count). The summed E-state index contributed by atoms with van der Waals surface area (Å²) in [5.74, 6) is 1.38. The van der Waals surface area contributed by atoms with Gasteiger partial charge in [-0.15, -0.1) is 0 Å². The maximum absolute atomic E-state index is 5.64. The van der Waals surface area contributed by atoms with E-state index in [1.807, 2.05) is 0 Å². The summed E-state index contributed by atoms with van der Waals surface area (Å²) in [5.41, 5.74) is 1.36. The molecule has 1 aliphatic rings. The lowest BCUT2D eigenvalue weighted by Crippen LogP contribution is -2.26. The lowest BCUT2D eigenvalue weighted by molar-refractivity contribution is 0.263. The fourth-order valence-electron chi connectivity index (χ4n) is 2.65. The zero-order chi connectivity index (χ0) is 14.8. The van der Waals surface area contributed by atoms with Crippen LogP contribution >= 0.6 is 0 Å². The molecule has 114 valence electrons. The molecule has 20 heavy (non-hydrogen) atoms. The van der Waals surface area contributed by atoms with Gasteiger partial charge in [-0.2, -0.15) is 4.98 Å². The Hall–Kier alpha value is -1.03. The van der Waals surface area contributed by atoms with Crippen molar-refractivity contribution in [2.45, 2.75) is 47.6 Å². The van der Waals surface area contributed by atoms with Crippen molar-refractivity contribution in [2.24, 2.45) is 17.3 Å². The van der Waals surface area contributed by atoms with Crippen LogP contribution in [0.1, 0.15) is 46.7 Å². The highest BCUT2D eigenvalue weighted by molar-refractivity contribution is 5.29. The average Bonchev–Trinajstić information content (AvgIpc) is 2.94. The van der Waals surface area contributed by atoms with Crippen LogP contribution in [0, 0.1) is 17.3 Å². The molecule has 0 radical (unpaired) electrons. The van der Waals surface area contributed by atoms with E-state index in [9.17, 15) is 0 Å². The Labute approximate surface area is 122 Å². The first-order chi connectivity index (χ1) is 9.36. The molecule has 1 aliphatic heterocycles. The van der Waals surface area contributed by atoms with Crippen LogP contribution in [-0.2, 0) is 6.54 Å². The number of anilines is 1. The van der Waals surface area contributed by atoms with Gasteiger partial charge in [-0.3, -0.25) is 0 Å². The largest absolute Gasteiger partial charge is 0.432 e. The van der Waals surface area contributed by atoms with Gasteiger partial charge in [0.15, 0.2) is 0 Å². The lowest BCUT2D eigenvalue weighted by Gasteiger charge is -2.26. The van der Waals surface area contributed by atoms with Gasteiger partial charge < -0.3 is 14.6 Å². The van der Waals surface area contributed by atoms with Crippen molar-refractivity contribution in [3.05, 3.63) is 12.0 Å². The quantitative estimate of drug-likeness (QED) is 0.898. The van der Waals surface area contributed by atoms with Crippen LogP contribution in [-0.4, -0.2) is 24.6 Å². The first kappa shape index (κ1) is 15.4. The number of nitrogens with one attached hydrogen (secondary N) is 1. The normalized spacial score (nSPS) is 20.1. The molecule has 0 bridgehead atoms. The van der Waals surface area contributed by atoms with E-state index in [2.05, 4.69) is 49.8 Å². The topological polar surface area (TPSA) is 41.3 Å². The van der Waals surface area contributed by atoms with Crippen molar-refractivity contribution in [1.82, 2.24) is 10.3 Å². The number of nitrogens with zero attached hydrogens (tertiary/aromatic N) is 2. The van der Waals surface area contributed by atoms with E-state index in [1.165, 1.54) is 6.42 Å². The third-order valence-corrected chi connectivity index (χ3v) is 4.08. The molecule has 2 heterocycles. The number of oxazole rings is 1. The fourth-order valence-corrected chi connectivity index (χ4v) is 2.65. The van der Waals surface area contributed by atoms with E-state index in [0.717, 1.165) is 43.8 Å². The number of aromatic nitrogens is 1. The molecule has 4 nitrogen and oxygen atoms in total. The van der Waals surface area contributed by atoms with Crippen molar-refractivity contribution in [2.75, 3.05) is 24.5 Å². The molecule has 1 N–H and O–H groups in total. The zero-order valence-electron chi connectivity index (χ0n) is 13.6. The molecule has 0 aliphatic carbocycles. The van der Waals surface area contributed by atoms with E-state index >= 15 is 0 Å². The van der Waals surface area contributed by atoms with Gasteiger partial charge in [0.25, 0.3) is 6.01 Å². The van der Waals surface area contributed by atoms with Gasteiger partial charge in [-0.05, 0) is 30.2 Å². The van der Waals surface area contributed by atoms with E-state index < -0.39 is 0 Å². The van der Waals surface area contributed by atoms with Crippen molar-refractivity contribution in [3.8, 4) is 0 Å². The number of hydrogen-bond acceptors (Lipinski definition) is 4. The molecule has 0 aromatic carbocycles. The molecule has 4 heteroatoms. The summed E-state index contributed by atoms with van der Waals surface area (Å²) in [6, 6.07) is 0.790. The van der Waals surface area contributed by atoms with E-state index in [0.29, 0.717) is 11.3 Å². The van der Waals surface area contributed by atoms with Crippen LogP contribution in [0.5, 0.6) is 0 Å². The van der Waals surface area contributed by atoms with Gasteiger partial charge in [0, 0.05) is 19.6 Å². The molecule has 1 atom stereocenters.